The van der Waals surface area contributed by atoms with Crippen molar-refractivity contribution in [2.75, 3.05) is 0 Å². The Hall–Kier alpha value is -1.72. The first-order valence-corrected chi connectivity index (χ1v) is 6.61. The summed E-state index contributed by atoms with van der Waals surface area (Å²) in [6.45, 7) is -2.22. The summed E-state index contributed by atoms with van der Waals surface area (Å²) < 4.78 is 42.1. The van der Waals surface area contributed by atoms with Gasteiger partial charge in [-0.3, -0.25) is 0 Å². The molecule has 0 aliphatic rings. The lowest BCUT2D eigenvalue weighted by atomic mass is 10.2. The van der Waals surface area contributed by atoms with E-state index in [-0.39, 0.29) is 18.1 Å². The number of hydrogen-bond donors (Lipinski definition) is 1. The quantitative estimate of drug-likeness (QED) is 0.854. The van der Waals surface area contributed by atoms with Gasteiger partial charge in [0.25, 0.3) is 0 Å². The van der Waals surface area contributed by atoms with E-state index >= 15 is 0 Å². The Morgan fingerprint density at radius 1 is 1.10 bits per heavy atom. The Labute approximate surface area is 125 Å². The zero-order valence-electron chi connectivity index (χ0n) is 11.0. The highest BCUT2D eigenvalue weighted by Crippen LogP contribution is 2.24. The first-order chi connectivity index (χ1) is 10.0. The van der Waals surface area contributed by atoms with Crippen LogP contribution in [-0.2, 0) is 13.1 Å². The molecular weight excluding hydrogens is 303 g/mol. The van der Waals surface area contributed by atoms with Crippen molar-refractivity contribution in [3.05, 3.63) is 64.4 Å². The topological polar surface area (TPSA) is 21.3 Å². The van der Waals surface area contributed by atoms with Gasteiger partial charge in [0.05, 0.1) is 0 Å². The number of ether oxygens (including phenoxy) is 1. The van der Waals surface area contributed by atoms with Crippen LogP contribution >= 0.6 is 11.6 Å². The van der Waals surface area contributed by atoms with Gasteiger partial charge in [-0.15, -0.1) is 0 Å². The van der Waals surface area contributed by atoms with E-state index in [2.05, 4.69) is 10.1 Å². The lowest BCUT2D eigenvalue weighted by Crippen LogP contribution is -2.14. The van der Waals surface area contributed by atoms with Crippen LogP contribution in [0.15, 0.2) is 42.5 Å². The molecule has 0 radical (unpaired) electrons. The van der Waals surface area contributed by atoms with Crippen molar-refractivity contribution in [1.82, 2.24) is 5.32 Å². The third-order valence-corrected chi connectivity index (χ3v) is 3.01. The predicted molar refractivity (Wildman–Crippen MR) is 75.0 cm³/mol. The van der Waals surface area contributed by atoms with Crippen LogP contribution in [0.3, 0.4) is 0 Å². The molecule has 2 nitrogen and oxygen atoms in total. The molecule has 0 saturated carbocycles. The van der Waals surface area contributed by atoms with Gasteiger partial charge in [-0.25, -0.2) is 4.39 Å². The van der Waals surface area contributed by atoms with E-state index in [0.717, 1.165) is 5.56 Å². The largest absolute Gasteiger partial charge is 0.434 e. The summed E-state index contributed by atoms with van der Waals surface area (Å²) in [4.78, 5) is 0. The number of halogens is 4. The molecule has 2 aromatic rings. The summed E-state index contributed by atoms with van der Waals surface area (Å²) in [6.07, 6.45) is 0. The Balaban J connectivity index is 2.00. The summed E-state index contributed by atoms with van der Waals surface area (Å²) in [5, 5.41) is 3.47. The first kappa shape index (κ1) is 15.7. The smallest absolute Gasteiger partial charge is 0.387 e. The van der Waals surface area contributed by atoms with Crippen LogP contribution in [0, 0.1) is 5.82 Å². The minimum absolute atomic E-state index is 0.0705. The first-order valence-electron chi connectivity index (χ1n) is 6.23. The van der Waals surface area contributed by atoms with E-state index < -0.39 is 6.61 Å². The van der Waals surface area contributed by atoms with Crippen LogP contribution in [0.1, 0.15) is 11.1 Å². The van der Waals surface area contributed by atoms with Crippen LogP contribution in [0.25, 0.3) is 0 Å². The molecule has 0 heterocycles. The monoisotopic (exact) mass is 315 g/mol. The average molecular weight is 316 g/mol. The molecule has 0 aliphatic carbocycles. The molecule has 6 heteroatoms. The van der Waals surface area contributed by atoms with E-state index in [0.29, 0.717) is 17.1 Å². The molecule has 0 aromatic heterocycles. The maximum absolute atomic E-state index is 13.0. The standard InChI is InChI=1S/C15H13ClF3NO/c16-12-4-5-14(21-15(18)19)11(7-12)9-20-8-10-2-1-3-13(17)6-10/h1-7,15,20H,8-9H2. The van der Waals surface area contributed by atoms with Crippen molar-refractivity contribution in [3.8, 4) is 5.75 Å². The van der Waals surface area contributed by atoms with Crippen molar-refractivity contribution in [2.45, 2.75) is 19.7 Å². The van der Waals surface area contributed by atoms with Crippen LogP contribution in [-0.4, -0.2) is 6.61 Å². The van der Waals surface area contributed by atoms with Gasteiger partial charge in [-0.2, -0.15) is 8.78 Å². The fraction of sp³-hybridized carbons (Fsp3) is 0.200. The third kappa shape index (κ3) is 4.95. The van der Waals surface area contributed by atoms with Crippen molar-refractivity contribution in [3.63, 3.8) is 0 Å². The fourth-order valence-corrected chi connectivity index (χ4v) is 2.08. The molecule has 0 spiro atoms. The van der Waals surface area contributed by atoms with E-state index in [1.54, 1.807) is 18.2 Å². The molecular formula is C15H13ClF3NO. The van der Waals surface area contributed by atoms with E-state index in [1.807, 2.05) is 0 Å². The van der Waals surface area contributed by atoms with Gasteiger partial charge in [-0.05, 0) is 35.9 Å². The van der Waals surface area contributed by atoms with Crippen LogP contribution in [0.4, 0.5) is 13.2 Å². The maximum atomic E-state index is 13.0. The lowest BCUT2D eigenvalue weighted by molar-refractivity contribution is -0.0505. The van der Waals surface area contributed by atoms with Gasteiger partial charge < -0.3 is 10.1 Å². The fourth-order valence-electron chi connectivity index (χ4n) is 1.89. The second kappa shape index (κ2) is 7.33. The van der Waals surface area contributed by atoms with Gasteiger partial charge in [-0.1, -0.05) is 23.7 Å². The highest BCUT2D eigenvalue weighted by Gasteiger charge is 2.10. The zero-order chi connectivity index (χ0) is 15.2. The Kier molecular flexibility index (Phi) is 5.47. The number of benzene rings is 2. The van der Waals surface area contributed by atoms with Crippen molar-refractivity contribution in [1.29, 1.82) is 0 Å². The number of hydrogen-bond acceptors (Lipinski definition) is 2. The second-order valence-electron chi connectivity index (χ2n) is 4.36. The molecule has 0 fully saturated rings. The van der Waals surface area contributed by atoms with Gasteiger partial charge >= 0.3 is 6.61 Å². The van der Waals surface area contributed by atoms with Crippen LogP contribution in [0.5, 0.6) is 5.75 Å². The molecule has 112 valence electrons. The third-order valence-electron chi connectivity index (χ3n) is 2.77. The summed E-state index contributed by atoms with van der Waals surface area (Å²) >= 11 is 5.85. The molecule has 0 atom stereocenters. The average Bonchev–Trinajstić information content (AvgIpc) is 2.41. The molecule has 2 aromatic carbocycles. The Morgan fingerprint density at radius 3 is 2.62 bits per heavy atom. The number of nitrogens with one attached hydrogen (secondary N) is 1. The maximum Gasteiger partial charge on any atom is 0.387 e. The Morgan fingerprint density at radius 2 is 1.90 bits per heavy atom. The normalized spacial score (nSPS) is 10.9. The number of alkyl halides is 2. The minimum Gasteiger partial charge on any atom is -0.434 e. The Bertz CT molecular complexity index is 607. The molecule has 0 aliphatic heterocycles. The second-order valence-corrected chi connectivity index (χ2v) is 4.80. The van der Waals surface area contributed by atoms with E-state index in [1.165, 1.54) is 24.3 Å². The molecule has 2 rings (SSSR count). The van der Waals surface area contributed by atoms with E-state index in [9.17, 15) is 13.2 Å². The van der Waals surface area contributed by atoms with Gasteiger partial charge in [0.15, 0.2) is 0 Å². The van der Waals surface area contributed by atoms with Crippen LogP contribution in [0.2, 0.25) is 5.02 Å². The molecule has 0 unspecified atom stereocenters. The molecule has 0 saturated heterocycles. The summed E-state index contributed by atoms with van der Waals surface area (Å²) in [5.74, 6) is -0.250. The summed E-state index contributed by atoms with van der Waals surface area (Å²) in [5.41, 5.74) is 1.27. The highest BCUT2D eigenvalue weighted by molar-refractivity contribution is 6.30. The van der Waals surface area contributed by atoms with Crippen molar-refractivity contribution in [2.24, 2.45) is 0 Å². The van der Waals surface area contributed by atoms with Gasteiger partial charge in [0.1, 0.15) is 11.6 Å². The number of rotatable bonds is 6. The van der Waals surface area contributed by atoms with Gasteiger partial charge in [0.2, 0.25) is 0 Å². The summed E-state index contributed by atoms with van der Waals surface area (Å²) in [6, 6.07) is 10.6. The lowest BCUT2D eigenvalue weighted by Gasteiger charge is -2.12. The SMILES string of the molecule is Fc1cccc(CNCc2cc(Cl)ccc2OC(F)F)c1. The zero-order valence-corrected chi connectivity index (χ0v) is 11.7. The van der Waals surface area contributed by atoms with Crippen molar-refractivity contribution >= 4 is 11.6 Å². The van der Waals surface area contributed by atoms with Gasteiger partial charge in [0, 0.05) is 23.7 Å². The molecule has 0 bridgehead atoms. The minimum atomic E-state index is -2.90. The molecule has 1 N–H and O–H groups in total. The highest BCUT2D eigenvalue weighted by atomic mass is 35.5. The molecule has 0 amide bonds. The van der Waals surface area contributed by atoms with E-state index in [4.69, 9.17) is 11.6 Å². The summed E-state index contributed by atoms with van der Waals surface area (Å²) in [7, 11) is 0. The van der Waals surface area contributed by atoms with Crippen LogP contribution < -0.4 is 10.1 Å². The van der Waals surface area contributed by atoms with Crippen molar-refractivity contribution < 1.29 is 17.9 Å². The molecule has 21 heavy (non-hydrogen) atoms. The predicted octanol–water partition coefficient (Wildman–Crippen LogP) is 4.37.